The van der Waals surface area contributed by atoms with Gasteiger partial charge in [0.05, 0.1) is 6.42 Å². The summed E-state index contributed by atoms with van der Waals surface area (Å²) in [6, 6.07) is 11.3. The van der Waals surface area contributed by atoms with Crippen LogP contribution in [0, 0.1) is 12.7 Å². The van der Waals surface area contributed by atoms with Crippen LogP contribution in [0.2, 0.25) is 5.02 Å². The van der Waals surface area contributed by atoms with Gasteiger partial charge >= 0.3 is 0 Å². The number of halogens is 2. The highest BCUT2D eigenvalue weighted by Gasteiger charge is 2.34. The number of carbonyl (C=O) groups excluding carboxylic acids is 2. The molecule has 1 aliphatic heterocycles. The third-order valence-corrected chi connectivity index (χ3v) is 6.31. The summed E-state index contributed by atoms with van der Waals surface area (Å²) in [5.41, 5.74) is 2.41. The van der Waals surface area contributed by atoms with Crippen LogP contribution >= 0.6 is 22.9 Å². The number of anilines is 2. The van der Waals surface area contributed by atoms with Crippen LogP contribution in [0.3, 0.4) is 0 Å². The van der Waals surface area contributed by atoms with Crippen molar-refractivity contribution in [2.45, 2.75) is 25.7 Å². The maximum absolute atomic E-state index is 13.0. The molecule has 1 atom stereocenters. The van der Waals surface area contributed by atoms with Crippen molar-refractivity contribution >= 4 is 45.6 Å². The van der Waals surface area contributed by atoms with Crippen molar-refractivity contribution in [2.24, 2.45) is 0 Å². The molecular weight excluding hydrogens is 427 g/mol. The largest absolute Gasteiger partial charge is 0.312 e. The average molecular weight is 445 g/mol. The minimum Gasteiger partial charge on any atom is -0.312 e. The van der Waals surface area contributed by atoms with Crippen molar-refractivity contribution in [2.75, 3.05) is 16.8 Å². The van der Waals surface area contributed by atoms with E-state index in [1.807, 2.05) is 19.1 Å². The Morgan fingerprint density at radius 1 is 1.27 bits per heavy atom. The molecule has 0 saturated carbocycles. The zero-order valence-electron chi connectivity index (χ0n) is 16.1. The van der Waals surface area contributed by atoms with E-state index in [0.717, 1.165) is 11.3 Å². The van der Waals surface area contributed by atoms with E-state index >= 15 is 0 Å². The summed E-state index contributed by atoms with van der Waals surface area (Å²) in [7, 11) is 0. The summed E-state index contributed by atoms with van der Waals surface area (Å²) in [6.45, 7) is 2.39. The Bertz CT molecular complexity index is 1100. The summed E-state index contributed by atoms with van der Waals surface area (Å²) in [4.78, 5) is 26.4. The molecule has 6 nitrogen and oxygen atoms in total. The highest BCUT2D eigenvalue weighted by atomic mass is 35.5. The van der Waals surface area contributed by atoms with Gasteiger partial charge in [-0.3, -0.25) is 9.59 Å². The smallest absolute Gasteiger partial charge is 0.230 e. The fourth-order valence-corrected chi connectivity index (χ4v) is 4.30. The van der Waals surface area contributed by atoms with E-state index in [4.69, 9.17) is 11.6 Å². The van der Waals surface area contributed by atoms with E-state index in [2.05, 4.69) is 15.5 Å². The van der Waals surface area contributed by atoms with Crippen molar-refractivity contribution in [1.29, 1.82) is 0 Å². The zero-order valence-corrected chi connectivity index (χ0v) is 17.6. The Morgan fingerprint density at radius 2 is 2.03 bits per heavy atom. The monoisotopic (exact) mass is 444 g/mol. The molecule has 1 aromatic heterocycles. The third kappa shape index (κ3) is 4.49. The predicted molar refractivity (Wildman–Crippen MR) is 115 cm³/mol. The molecule has 2 amide bonds. The molecule has 154 valence electrons. The lowest BCUT2D eigenvalue weighted by molar-refractivity contribution is -0.117. The molecule has 2 aromatic carbocycles. The van der Waals surface area contributed by atoms with Crippen LogP contribution in [-0.2, 0) is 16.0 Å². The molecule has 1 N–H and O–H groups in total. The first-order valence-electron chi connectivity index (χ1n) is 9.33. The number of benzene rings is 2. The van der Waals surface area contributed by atoms with E-state index in [1.165, 1.54) is 23.5 Å². The van der Waals surface area contributed by atoms with Crippen LogP contribution in [-0.4, -0.2) is 28.6 Å². The number of amides is 2. The average Bonchev–Trinajstić information content (AvgIpc) is 3.32. The first kappa shape index (κ1) is 20.4. The summed E-state index contributed by atoms with van der Waals surface area (Å²) < 4.78 is 13.0. The van der Waals surface area contributed by atoms with Gasteiger partial charge in [-0.15, -0.1) is 10.2 Å². The Morgan fingerprint density at radius 3 is 2.77 bits per heavy atom. The standard InChI is InChI=1S/C21H18ClFN4O2S/c1-12-2-7-16(10-17(12)22)27-11-14(9-19(27)29)20-25-26-21(30-20)24-18(28)8-13-3-5-15(23)6-4-13/h2-7,10,14H,8-9,11H2,1H3,(H,24,26,28). The molecule has 4 rings (SSSR count). The number of rotatable bonds is 5. The number of aromatic nitrogens is 2. The van der Waals surface area contributed by atoms with Gasteiger partial charge in [0.25, 0.3) is 0 Å². The summed E-state index contributed by atoms with van der Waals surface area (Å²) in [6.07, 6.45) is 0.433. The van der Waals surface area contributed by atoms with E-state index in [0.29, 0.717) is 33.7 Å². The Kier molecular flexibility index (Phi) is 5.78. The minimum atomic E-state index is -0.346. The van der Waals surface area contributed by atoms with Crippen LogP contribution in [0.1, 0.15) is 28.5 Å². The van der Waals surface area contributed by atoms with Gasteiger partial charge in [-0.05, 0) is 42.3 Å². The van der Waals surface area contributed by atoms with Gasteiger partial charge < -0.3 is 10.2 Å². The molecule has 1 fully saturated rings. The lowest BCUT2D eigenvalue weighted by Gasteiger charge is -2.17. The number of hydrogen-bond acceptors (Lipinski definition) is 5. The zero-order chi connectivity index (χ0) is 21.3. The Balaban J connectivity index is 1.40. The molecule has 3 aromatic rings. The van der Waals surface area contributed by atoms with Gasteiger partial charge in [0.1, 0.15) is 10.8 Å². The molecule has 1 aliphatic rings. The van der Waals surface area contributed by atoms with Gasteiger partial charge in [-0.25, -0.2) is 4.39 Å². The molecule has 0 bridgehead atoms. The van der Waals surface area contributed by atoms with Gasteiger partial charge in [-0.2, -0.15) is 0 Å². The molecule has 0 radical (unpaired) electrons. The quantitative estimate of drug-likeness (QED) is 0.635. The topological polar surface area (TPSA) is 75.2 Å². The van der Waals surface area contributed by atoms with Crippen molar-refractivity contribution in [3.8, 4) is 0 Å². The molecule has 0 aliphatic carbocycles. The van der Waals surface area contributed by atoms with Crippen LogP contribution < -0.4 is 10.2 Å². The van der Waals surface area contributed by atoms with E-state index in [-0.39, 0.29) is 30.0 Å². The Labute approximate surface area is 181 Å². The number of carbonyl (C=O) groups is 2. The van der Waals surface area contributed by atoms with Crippen LogP contribution in [0.4, 0.5) is 15.2 Å². The third-order valence-electron chi connectivity index (χ3n) is 4.91. The second-order valence-electron chi connectivity index (χ2n) is 7.14. The maximum Gasteiger partial charge on any atom is 0.230 e. The molecule has 1 unspecified atom stereocenters. The lowest BCUT2D eigenvalue weighted by atomic mass is 10.1. The molecule has 2 heterocycles. The fraction of sp³-hybridized carbons (Fsp3) is 0.238. The van der Waals surface area contributed by atoms with E-state index < -0.39 is 0 Å². The first-order chi connectivity index (χ1) is 14.4. The minimum absolute atomic E-state index is 0.00276. The van der Waals surface area contributed by atoms with Crippen molar-refractivity contribution in [1.82, 2.24) is 10.2 Å². The van der Waals surface area contributed by atoms with Crippen LogP contribution in [0.25, 0.3) is 0 Å². The van der Waals surface area contributed by atoms with Crippen molar-refractivity contribution < 1.29 is 14.0 Å². The molecular formula is C21H18ClFN4O2S. The number of nitrogens with zero attached hydrogens (tertiary/aromatic N) is 3. The van der Waals surface area contributed by atoms with Crippen molar-refractivity contribution in [3.05, 3.63) is 69.4 Å². The molecule has 30 heavy (non-hydrogen) atoms. The predicted octanol–water partition coefficient (Wildman–Crippen LogP) is 4.34. The summed E-state index contributed by atoms with van der Waals surface area (Å²) in [5, 5.41) is 12.6. The van der Waals surface area contributed by atoms with Crippen LogP contribution in [0.5, 0.6) is 0 Å². The van der Waals surface area contributed by atoms with Gasteiger partial charge in [0.2, 0.25) is 16.9 Å². The second-order valence-corrected chi connectivity index (χ2v) is 8.55. The van der Waals surface area contributed by atoms with Gasteiger partial charge in [0, 0.05) is 29.6 Å². The summed E-state index contributed by atoms with van der Waals surface area (Å²) in [5.74, 6) is -0.710. The fourth-order valence-electron chi connectivity index (χ4n) is 3.27. The maximum atomic E-state index is 13.0. The van der Waals surface area contributed by atoms with Crippen LogP contribution in [0.15, 0.2) is 42.5 Å². The van der Waals surface area contributed by atoms with Gasteiger partial charge in [0.15, 0.2) is 0 Å². The number of hydrogen-bond donors (Lipinski definition) is 1. The van der Waals surface area contributed by atoms with Crippen molar-refractivity contribution in [3.63, 3.8) is 0 Å². The Hall–Kier alpha value is -2.84. The normalized spacial score (nSPS) is 16.2. The van der Waals surface area contributed by atoms with E-state index in [9.17, 15) is 14.0 Å². The highest BCUT2D eigenvalue weighted by Crippen LogP contribution is 2.35. The number of aryl methyl sites for hydroxylation is 1. The lowest BCUT2D eigenvalue weighted by Crippen LogP contribution is -2.24. The molecule has 0 spiro atoms. The van der Waals surface area contributed by atoms with E-state index in [1.54, 1.807) is 23.1 Å². The second kappa shape index (κ2) is 8.49. The van der Waals surface area contributed by atoms with Gasteiger partial charge in [-0.1, -0.05) is 41.1 Å². The summed E-state index contributed by atoms with van der Waals surface area (Å²) >= 11 is 7.45. The first-order valence-corrected chi connectivity index (χ1v) is 10.5. The molecule has 9 heteroatoms. The highest BCUT2D eigenvalue weighted by molar-refractivity contribution is 7.15. The molecule has 1 saturated heterocycles. The number of nitrogens with one attached hydrogen (secondary N) is 1. The SMILES string of the molecule is Cc1ccc(N2CC(c3nnc(NC(=O)Cc4ccc(F)cc4)s3)CC2=O)cc1Cl.